The first-order chi connectivity index (χ1) is 9.41. The Morgan fingerprint density at radius 3 is 2.25 bits per heavy atom. The summed E-state index contributed by atoms with van der Waals surface area (Å²) in [6.45, 7) is 2.55. The van der Waals surface area contributed by atoms with Crippen molar-refractivity contribution in [3.63, 3.8) is 0 Å². The molecule has 1 atom stereocenters. The molecule has 0 spiro atoms. The van der Waals surface area contributed by atoms with E-state index in [1.165, 1.54) is 12.1 Å². The fraction of sp³-hybridized carbons (Fsp3) is 0.286. The zero-order chi connectivity index (χ0) is 14.8. The number of hydrogen-bond donors (Lipinski definition) is 1. The highest BCUT2D eigenvalue weighted by Crippen LogP contribution is 2.31. The van der Waals surface area contributed by atoms with Crippen molar-refractivity contribution in [2.75, 3.05) is 6.54 Å². The van der Waals surface area contributed by atoms with E-state index in [1.807, 2.05) is 6.92 Å². The molecule has 6 heteroatoms. The summed E-state index contributed by atoms with van der Waals surface area (Å²) in [5, 5.41) is 3.40. The number of hydrogen-bond acceptors (Lipinski definition) is 2. The lowest BCUT2D eigenvalue weighted by atomic mass is 10.0. The Kier molecular flexibility index (Phi) is 4.40. The van der Waals surface area contributed by atoms with Crippen molar-refractivity contribution in [1.82, 2.24) is 5.32 Å². The van der Waals surface area contributed by atoms with E-state index in [4.69, 9.17) is 16.0 Å². The van der Waals surface area contributed by atoms with Crippen LogP contribution in [0.5, 0.6) is 0 Å². The normalized spacial score (nSPS) is 13.4. The van der Waals surface area contributed by atoms with Crippen LogP contribution in [0.2, 0.25) is 5.22 Å². The van der Waals surface area contributed by atoms with Gasteiger partial charge in [-0.25, -0.2) is 0 Å². The monoisotopic (exact) mass is 303 g/mol. The first-order valence-corrected chi connectivity index (χ1v) is 6.45. The van der Waals surface area contributed by atoms with Gasteiger partial charge in [0.15, 0.2) is 5.22 Å². The van der Waals surface area contributed by atoms with E-state index < -0.39 is 11.7 Å². The van der Waals surface area contributed by atoms with Crippen molar-refractivity contribution in [2.45, 2.75) is 19.1 Å². The van der Waals surface area contributed by atoms with Crippen molar-refractivity contribution in [2.24, 2.45) is 0 Å². The largest absolute Gasteiger partial charge is 0.448 e. The second-order valence-electron chi connectivity index (χ2n) is 4.25. The molecule has 0 aliphatic rings. The summed E-state index contributed by atoms with van der Waals surface area (Å²) < 4.78 is 43.0. The highest BCUT2D eigenvalue weighted by molar-refractivity contribution is 6.28. The van der Waals surface area contributed by atoms with E-state index >= 15 is 0 Å². The Morgan fingerprint density at radius 1 is 1.15 bits per heavy atom. The van der Waals surface area contributed by atoms with Crippen molar-refractivity contribution in [3.8, 4) is 0 Å². The van der Waals surface area contributed by atoms with Gasteiger partial charge >= 0.3 is 6.18 Å². The maximum atomic E-state index is 12.5. The zero-order valence-corrected chi connectivity index (χ0v) is 11.4. The molecule has 2 rings (SSSR count). The van der Waals surface area contributed by atoms with Gasteiger partial charge in [-0.3, -0.25) is 0 Å². The number of benzene rings is 1. The van der Waals surface area contributed by atoms with Crippen LogP contribution in [0.1, 0.15) is 29.9 Å². The average molecular weight is 304 g/mol. The Hall–Kier alpha value is -1.46. The van der Waals surface area contributed by atoms with Gasteiger partial charge in [-0.2, -0.15) is 13.2 Å². The summed E-state index contributed by atoms with van der Waals surface area (Å²) in [5.74, 6) is 0.566. The standard InChI is InChI=1S/C14H13ClF3NO/c1-2-19-13(11-7-8-12(15)20-11)9-3-5-10(6-4-9)14(16,17)18/h3-8,13,19H,2H2,1H3. The van der Waals surface area contributed by atoms with Crippen LogP contribution in [-0.2, 0) is 6.18 Å². The Balaban J connectivity index is 2.30. The zero-order valence-electron chi connectivity index (χ0n) is 10.7. The lowest BCUT2D eigenvalue weighted by molar-refractivity contribution is -0.137. The van der Waals surface area contributed by atoms with Crippen molar-refractivity contribution < 1.29 is 17.6 Å². The smallest absolute Gasteiger partial charge is 0.416 e. The molecule has 0 radical (unpaired) electrons. The lowest BCUT2D eigenvalue weighted by Crippen LogP contribution is -2.21. The summed E-state index contributed by atoms with van der Waals surface area (Å²) in [6, 6.07) is 7.97. The van der Waals surface area contributed by atoms with Gasteiger partial charge in [0.05, 0.1) is 11.6 Å². The molecule has 2 nitrogen and oxygen atoms in total. The minimum Gasteiger partial charge on any atom is -0.448 e. The molecule has 2 aromatic rings. The molecule has 0 amide bonds. The highest BCUT2D eigenvalue weighted by Gasteiger charge is 2.30. The summed E-state index contributed by atoms with van der Waals surface area (Å²) >= 11 is 5.73. The molecule has 1 aromatic heterocycles. The van der Waals surface area contributed by atoms with E-state index in [9.17, 15) is 13.2 Å². The van der Waals surface area contributed by atoms with Crippen LogP contribution in [0.25, 0.3) is 0 Å². The van der Waals surface area contributed by atoms with Crippen molar-refractivity contribution >= 4 is 11.6 Å². The Labute approximate surface area is 119 Å². The molecule has 1 aromatic carbocycles. The predicted octanol–water partition coefficient (Wildman–Crippen LogP) is 4.65. The molecule has 0 saturated carbocycles. The van der Waals surface area contributed by atoms with Gasteiger partial charge in [0, 0.05) is 0 Å². The van der Waals surface area contributed by atoms with Crippen molar-refractivity contribution in [3.05, 3.63) is 58.5 Å². The number of alkyl halides is 3. The third kappa shape index (κ3) is 3.35. The highest BCUT2D eigenvalue weighted by atomic mass is 35.5. The molecule has 0 fully saturated rings. The molecule has 108 valence electrons. The molecule has 1 unspecified atom stereocenters. The van der Waals surface area contributed by atoms with Gasteiger partial charge in [0.2, 0.25) is 0 Å². The van der Waals surface area contributed by atoms with Crippen LogP contribution in [0.4, 0.5) is 13.2 Å². The fourth-order valence-corrected chi connectivity index (χ4v) is 2.09. The summed E-state index contributed by atoms with van der Waals surface area (Å²) in [6.07, 6.45) is -4.33. The molecule has 0 bridgehead atoms. The molecule has 1 N–H and O–H groups in total. The Bertz CT molecular complexity index is 563. The quantitative estimate of drug-likeness (QED) is 0.889. The first kappa shape index (κ1) is 14.9. The first-order valence-electron chi connectivity index (χ1n) is 6.07. The second-order valence-corrected chi connectivity index (χ2v) is 4.62. The van der Waals surface area contributed by atoms with Crippen LogP contribution < -0.4 is 5.32 Å². The summed E-state index contributed by atoms with van der Waals surface area (Å²) in [5.41, 5.74) is 0.0137. The van der Waals surface area contributed by atoms with Gasteiger partial charge in [-0.05, 0) is 48.0 Å². The summed E-state index contributed by atoms with van der Waals surface area (Å²) in [4.78, 5) is 0. The van der Waals surface area contributed by atoms with Crippen LogP contribution in [0, 0.1) is 0 Å². The molecule has 20 heavy (non-hydrogen) atoms. The van der Waals surface area contributed by atoms with Crippen LogP contribution in [0.3, 0.4) is 0 Å². The Morgan fingerprint density at radius 2 is 1.80 bits per heavy atom. The molecule has 0 aliphatic carbocycles. The van der Waals surface area contributed by atoms with E-state index in [1.54, 1.807) is 12.1 Å². The molecular weight excluding hydrogens is 291 g/mol. The van der Waals surface area contributed by atoms with E-state index in [0.717, 1.165) is 12.1 Å². The third-order valence-corrected chi connectivity index (χ3v) is 3.06. The maximum absolute atomic E-state index is 12.5. The van der Waals surface area contributed by atoms with E-state index in [0.29, 0.717) is 17.9 Å². The minimum atomic E-state index is -4.33. The lowest BCUT2D eigenvalue weighted by Gasteiger charge is -2.17. The predicted molar refractivity (Wildman–Crippen MR) is 70.7 cm³/mol. The van der Waals surface area contributed by atoms with Crippen LogP contribution in [0.15, 0.2) is 40.8 Å². The van der Waals surface area contributed by atoms with E-state index in [2.05, 4.69) is 5.32 Å². The van der Waals surface area contributed by atoms with Gasteiger partial charge < -0.3 is 9.73 Å². The van der Waals surface area contributed by atoms with Crippen LogP contribution in [-0.4, -0.2) is 6.54 Å². The molecule has 0 aliphatic heterocycles. The van der Waals surface area contributed by atoms with Crippen molar-refractivity contribution in [1.29, 1.82) is 0 Å². The van der Waals surface area contributed by atoms with Gasteiger partial charge in [0.1, 0.15) is 5.76 Å². The topological polar surface area (TPSA) is 25.2 Å². The van der Waals surface area contributed by atoms with Gasteiger partial charge in [-0.1, -0.05) is 19.1 Å². The SMILES string of the molecule is CCNC(c1ccc(C(F)(F)F)cc1)c1ccc(Cl)o1. The number of halogens is 4. The maximum Gasteiger partial charge on any atom is 0.416 e. The van der Waals surface area contributed by atoms with Crippen LogP contribution >= 0.6 is 11.6 Å². The number of rotatable bonds is 4. The average Bonchev–Trinajstić information content (AvgIpc) is 2.81. The number of furan rings is 1. The minimum absolute atomic E-state index is 0.245. The van der Waals surface area contributed by atoms with Gasteiger partial charge in [-0.15, -0.1) is 0 Å². The number of nitrogens with one attached hydrogen (secondary N) is 1. The molecular formula is C14H13ClF3NO. The summed E-state index contributed by atoms with van der Waals surface area (Å²) in [7, 11) is 0. The molecule has 1 heterocycles. The second kappa shape index (κ2) is 5.89. The fourth-order valence-electron chi connectivity index (χ4n) is 1.93. The third-order valence-electron chi connectivity index (χ3n) is 2.86. The van der Waals surface area contributed by atoms with E-state index in [-0.39, 0.29) is 11.3 Å². The van der Waals surface area contributed by atoms with Gasteiger partial charge in [0.25, 0.3) is 0 Å². The molecule has 0 saturated heterocycles.